The monoisotopic (exact) mass is 408 g/mol. The molecule has 0 spiro atoms. The van der Waals surface area contributed by atoms with Crippen molar-refractivity contribution in [3.63, 3.8) is 0 Å². The Labute approximate surface area is 176 Å². The van der Waals surface area contributed by atoms with E-state index in [1.54, 1.807) is 55.5 Å². The van der Waals surface area contributed by atoms with Crippen molar-refractivity contribution in [1.29, 1.82) is 0 Å². The second-order valence-corrected chi connectivity index (χ2v) is 6.83. The number of rotatable bonds is 9. The Kier molecular flexibility index (Phi) is 6.91. The molecule has 6 heteroatoms. The summed E-state index contributed by atoms with van der Waals surface area (Å²) in [5, 5.41) is 0. The number of ether oxygens (including phenoxy) is 2. The average molecular weight is 408 g/mol. The number of carbonyl (C=O) groups is 1. The van der Waals surface area contributed by atoms with Crippen molar-refractivity contribution in [2.75, 3.05) is 20.8 Å². The first-order valence-corrected chi connectivity index (χ1v) is 9.55. The van der Waals surface area contributed by atoms with E-state index in [9.17, 15) is 9.18 Å². The van der Waals surface area contributed by atoms with Crippen LogP contribution in [0.5, 0.6) is 11.5 Å². The predicted molar refractivity (Wildman–Crippen MR) is 114 cm³/mol. The van der Waals surface area contributed by atoms with Crippen molar-refractivity contribution in [2.24, 2.45) is 0 Å². The standard InChI is InChI=1S/C24H25FN2O3/c1-4-11-27(24(28)19-13-22(29-2)15-23(14-19)30-3)17-21-6-5-12-26(21)16-18-7-9-20(25)10-8-18/h4-10,12-15H,1,11,16-17H2,2-3H3. The smallest absolute Gasteiger partial charge is 0.254 e. The lowest BCUT2D eigenvalue weighted by molar-refractivity contribution is 0.0758. The number of halogens is 1. The zero-order valence-electron chi connectivity index (χ0n) is 17.2. The number of hydrogen-bond acceptors (Lipinski definition) is 3. The van der Waals surface area contributed by atoms with Gasteiger partial charge < -0.3 is 18.9 Å². The Morgan fingerprint density at radius 2 is 1.77 bits per heavy atom. The van der Waals surface area contributed by atoms with Gasteiger partial charge in [0.05, 0.1) is 20.8 Å². The van der Waals surface area contributed by atoms with E-state index in [4.69, 9.17) is 9.47 Å². The molecule has 1 aromatic heterocycles. The molecule has 0 fully saturated rings. The molecule has 1 heterocycles. The summed E-state index contributed by atoms with van der Waals surface area (Å²) in [5.74, 6) is 0.691. The van der Waals surface area contributed by atoms with Crippen LogP contribution >= 0.6 is 0 Å². The van der Waals surface area contributed by atoms with E-state index in [1.807, 2.05) is 22.9 Å². The van der Waals surface area contributed by atoms with Crippen molar-refractivity contribution in [2.45, 2.75) is 13.1 Å². The molecule has 1 amide bonds. The molecule has 0 radical (unpaired) electrons. The van der Waals surface area contributed by atoms with Crippen LogP contribution in [0.1, 0.15) is 21.6 Å². The summed E-state index contributed by atoms with van der Waals surface area (Å²) in [7, 11) is 3.10. The molecule has 0 bridgehead atoms. The summed E-state index contributed by atoms with van der Waals surface area (Å²) in [6, 6.07) is 15.4. The number of nitrogens with zero attached hydrogens (tertiary/aromatic N) is 2. The van der Waals surface area contributed by atoms with Crippen LogP contribution in [0.25, 0.3) is 0 Å². The second-order valence-electron chi connectivity index (χ2n) is 6.83. The SMILES string of the molecule is C=CCN(Cc1cccn1Cc1ccc(F)cc1)C(=O)c1cc(OC)cc(OC)c1. The third kappa shape index (κ3) is 5.08. The van der Waals surface area contributed by atoms with Gasteiger partial charge >= 0.3 is 0 Å². The lowest BCUT2D eigenvalue weighted by Gasteiger charge is -2.23. The molecule has 0 N–H and O–H groups in total. The van der Waals surface area contributed by atoms with Crippen molar-refractivity contribution in [1.82, 2.24) is 9.47 Å². The van der Waals surface area contributed by atoms with Crippen LogP contribution in [0, 0.1) is 5.82 Å². The molecule has 30 heavy (non-hydrogen) atoms. The topological polar surface area (TPSA) is 43.7 Å². The molecular formula is C24H25FN2O3. The van der Waals surface area contributed by atoms with Gasteiger partial charge in [0.15, 0.2) is 0 Å². The molecule has 156 valence electrons. The average Bonchev–Trinajstić information content (AvgIpc) is 3.20. The highest BCUT2D eigenvalue weighted by atomic mass is 19.1. The first-order valence-electron chi connectivity index (χ1n) is 9.55. The van der Waals surface area contributed by atoms with Gasteiger partial charge in [0.1, 0.15) is 17.3 Å². The highest BCUT2D eigenvalue weighted by Crippen LogP contribution is 2.24. The molecule has 2 aromatic carbocycles. The van der Waals surface area contributed by atoms with Crippen molar-refractivity contribution < 1.29 is 18.7 Å². The van der Waals surface area contributed by atoms with E-state index < -0.39 is 0 Å². The van der Waals surface area contributed by atoms with Crippen LogP contribution in [0.4, 0.5) is 4.39 Å². The predicted octanol–water partition coefficient (Wildman–Crippen LogP) is 4.52. The zero-order chi connectivity index (χ0) is 21.5. The quantitative estimate of drug-likeness (QED) is 0.489. The molecule has 0 atom stereocenters. The fourth-order valence-corrected chi connectivity index (χ4v) is 3.22. The highest BCUT2D eigenvalue weighted by Gasteiger charge is 2.18. The lowest BCUT2D eigenvalue weighted by atomic mass is 10.1. The van der Waals surface area contributed by atoms with E-state index in [2.05, 4.69) is 6.58 Å². The Morgan fingerprint density at radius 1 is 1.10 bits per heavy atom. The molecule has 0 saturated heterocycles. The van der Waals surface area contributed by atoms with E-state index in [1.165, 1.54) is 12.1 Å². The van der Waals surface area contributed by atoms with Crippen LogP contribution in [0.2, 0.25) is 0 Å². The molecule has 5 nitrogen and oxygen atoms in total. The summed E-state index contributed by atoms with van der Waals surface area (Å²) in [6.45, 7) is 5.17. The minimum absolute atomic E-state index is 0.151. The first kappa shape index (κ1) is 21.2. The van der Waals surface area contributed by atoms with Gasteiger partial charge in [0, 0.05) is 36.6 Å². The summed E-state index contributed by atoms with van der Waals surface area (Å²) in [5.41, 5.74) is 2.42. The van der Waals surface area contributed by atoms with Crippen molar-refractivity contribution in [3.05, 3.63) is 96.1 Å². The van der Waals surface area contributed by atoms with Gasteiger partial charge in [-0.25, -0.2) is 4.39 Å². The van der Waals surface area contributed by atoms with Gasteiger partial charge in [-0.15, -0.1) is 6.58 Å². The Balaban J connectivity index is 1.83. The first-order chi connectivity index (χ1) is 14.5. The third-order valence-electron chi connectivity index (χ3n) is 4.78. The van der Waals surface area contributed by atoms with Crippen molar-refractivity contribution in [3.8, 4) is 11.5 Å². The van der Waals surface area contributed by atoms with E-state index >= 15 is 0 Å². The number of methoxy groups -OCH3 is 2. The van der Waals surface area contributed by atoms with Gasteiger partial charge in [0.2, 0.25) is 0 Å². The largest absolute Gasteiger partial charge is 0.497 e. The maximum atomic E-state index is 13.2. The van der Waals surface area contributed by atoms with Gasteiger partial charge in [-0.1, -0.05) is 18.2 Å². The third-order valence-corrected chi connectivity index (χ3v) is 4.78. The van der Waals surface area contributed by atoms with Crippen LogP contribution < -0.4 is 9.47 Å². The minimum Gasteiger partial charge on any atom is -0.497 e. The Bertz CT molecular complexity index is 989. The molecule has 0 saturated carbocycles. The number of hydrogen-bond donors (Lipinski definition) is 0. The zero-order valence-corrected chi connectivity index (χ0v) is 17.2. The van der Waals surface area contributed by atoms with Crippen LogP contribution in [0.15, 0.2) is 73.4 Å². The molecule has 0 unspecified atom stereocenters. The fraction of sp³-hybridized carbons (Fsp3) is 0.208. The highest BCUT2D eigenvalue weighted by molar-refractivity contribution is 5.95. The van der Waals surface area contributed by atoms with E-state index in [0.717, 1.165) is 11.3 Å². The second kappa shape index (κ2) is 9.78. The maximum Gasteiger partial charge on any atom is 0.254 e. The molecule has 0 aliphatic carbocycles. The molecule has 3 rings (SSSR count). The van der Waals surface area contributed by atoms with Gasteiger partial charge in [-0.2, -0.15) is 0 Å². The van der Waals surface area contributed by atoms with Crippen LogP contribution in [-0.4, -0.2) is 36.1 Å². The lowest BCUT2D eigenvalue weighted by Crippen LogP contribution is -2.31. The number of amides is 1. The normalized spacial score (nSPS) is 10.5. The van der Waals surface area contributed by atoms with E-state index in [-0.39, 0.29) is 11.7 Å². The summed E-state index contributed by atoms with van der Waals surface area (Å²) in [6.07, 6.45) is 3.65. The minimum atomic E-state index is -0.261. The summed E-state index contributed by atoms with van der Waals surface area (Å²) in [4.78, 5) is 14.9. The van der Waals surface area contributed by atoms with Crippen molar-refractivity contribution >= 4 is 5.91 Å². The summed E-state index contributed by atoms with van der Waals surface area (Å²) < 4.78 is 25.8. The fourth-order valence-electron chi connectivity index (χ4n) is 3.22. The van der Waals surface area contributed by atoms with Gasteiger partial charge in [-0.05, 0) is 42.0 Å². The molecule has 3 aromatic rings. The number of carbonyl (C=O) groups excluding carboxylic acids is 1. The van der Waals surface area contributed by atoms with Gasteiger partial charge in [0.25, 0.3) is 5.91 Å². The van der Waals surface area contributed by atoms with Crippen LogP contribution in [-0.2, 0) is 13.1 Å². The molecule has 0 aliphatic rings. The van der Waals surface area contributed by atoms with Gasteiger partial charge in [-0.3, -0.25) is 4.79 Å². The molecular weight excluding hydrogens is 383 g/mol. The van der Waals surface area contributed by atoms with Crippen LogP contribution in [0.3, 0.4) is 0 Å². The number of benzene rings is 2. The summed E-state index contributed by atoms with van der Waals surface area (Å²) >= 11 is 0. The Hall–Kier alpha value is -3.54. The maximum absolute atomic E-state index is 13.2. The Morgan fingerprint density at radius 3 is 2.37 bits per heavy atom. The molecule has 0 aliphatic heterocycles. The number of aromatic nitrogens is 1. The van der Waals surface area contributed by atoms with E-state index in [0.29, 0.717) is 36.7 Å².